The van der Waals surface area contributed by atoms with Gasteiger partial charge in [-0.25, -0.2) is 0 Å². The summed E-state index contributed by atoms with van der Waals surface area (Å²) in [6.07, 6.45) is 3.35. The monoisotopic (exact) mass is 180 g/mol. The van der Waals surface area contributed by atoms with Crippen molar-refractivity contribution >= 4 is 0 Å². The summed E-state index contributed by atoms with van der Waals surface area (Å²) in [6, 6.07) is 4.79. The molecule has 1 atom stereocenters. The Balaban J connectivity index is 2.68. The van der Waals surface area contributed by atoms with Crippen molar-refractivity contribution in [1.29, 1.82) is 0 Å². The van der Waals surface area contributed by atoms with Gasteiger partial charge in [0.2, 0.25) is 0 Å². The largest absolute Gasteiger partial charge is 0.350 e. The molecule has 0 spiro atoms. The summed E-state index contributed by atoms with van der Waals surface area (Å²) in [5.41, 5.74) is 1.39. The third kappa shape index (κ3) is 2.59. The van der Waals surface area contributed by atoms with Crippen molar-refractivity contribution in [2.24, 2.45) is 0 Å². The van der Waals surface area contributed by atoms with E-state index in [4.69, 9.17) is 0 Å². The van der Waals surface area contributed by atoms with E-state index in [0.717, 1.165) is 13.1 Å². The predicted octanol–water partition coefficient (Wildman–Crippen LogP) is 2.57. The van der Waals surface area contributed by atoms with E-state index in [1.165, 1.54) is 12.1 Å². The van der Waals surface area contributed by atoms with Gasteiger partial charge in [-0.2, -0.15) is 0 Å². The predicted molar refractivity (Wildman–Crippen MR) is 56.8 cm³/mol. The van der Waals surface area contributed by atoms with Gasteiger partial charge in [0.25, 0.3) is 0 Å². The minimum atomic E-state index is 0.464. The molecule has 1 aromatic heterocycles. The molecule has 0 bridgehead atoms. The van der Waals surface area contributed by atoms with E-state index < -0.39 is 0 Å². The van der Waals surface area contributed by atoms with Crippen LogP contribution in [0.15, 0.2) is 18.3 Å². The maximum atomic E-state index is 3.43. The zero-order valence-corrected chi connectivity index (χ0v) is 8.88. The van der Waals surface area contributed by atoms with Crippen LogP contribution in [-0.2, 0) is 6.54 Å². The molecule has 0 radical (unpaired) electrons. The lowest BCUT2D eigenvalue weighted by Gasteiger charge is -2.15. The highest BCUT2D eigenvalue weighted by atomic mass is 15.0. The normalized spacial score (nSPS) is 13.2. The molecule has 2 heteroatoms. The number of aromatic nitrogens is 1. The van der Waals surface area contributed by atoms with Gasteiger partial charge in [-0.15, -0.1) is 0 Å². The first-order valence-corrected chi connectivity index (χ1v) is 5.18. The van der Waals surface area contributed by atoms with E-state index in [-0.39, 0.29) is 0 Å². The van der Waals surface area contributed by atoms with Crippen LogP contribution in [0, 0.1) is 0 Å². The van der Waals surface area contributed by atoms with Crippen molar-refractivity contribution < 1.29 is 0 Å². The molecule has 0 saturated heterocycles. The standard InChI is InChI=1S/C11H20N2/c1-4-8-13-9-6-7-11(13)10(3)12-5-2/h6-7,9-10,12H,4-5,8H2,1-3H3. The highest BCUT2D eigenvalue weighted by Gasteiger charge is 2.07. The van der Waals surface area contributed by atoms with Crippen molar-refractivity contribution in [3.8, 4) is 0 Å². The Bertz CT molecular complexity index is 240. The second-order valence-electron chi connectivity index (χ2n) is 3.41. The molecule has 13 heavy (non-hydrogen) atoms. The first-order chi connectivity index (χ1) is 6.29. The van der Waals surface area contributed by atoms with Gasteiger partial charge >= 0.3 is 0 Å². The van der Waals surface area contributed by atoms with Crippen LogP contribution < -0.4 is 5.32 Å². The average Bonchev–Trinajstić information content (AvgIpc) is 2.54. The lowest BCUT2D eigenvalue weighted by Crippen LogP contribution is -2.20. The maximum Gasteiger partial charge on any atom is 0.0446 e. The van der Waals surface area contributed by atoms with E-state index >= 15 is 0 Å². The summed E-state index contributed by atoms with van der Waals surface area (Å²) in [4.78, 5) is 0. The lowest BCUT2D eigenvalue weighted by atomic mass is 10.2. The van der Waals surface area contributed by atoms with Gasteiger partial charge in [0.15, 0.2) is 0 Å². The van der Waals surface area contributed by atoms with Crippen molar-refractivity contribution in [3.05, 3.63) is 24.0 Å². The third-order valence-electron chi connectivity index (χ3n) is 2.28. The molecule has 1 heterocycles. The summed E-state index contributed by atoms with van der Waals surface area (Å²) in [6.45, 7) is 8.72. The molecule has 0 saturated carbocycles. The Morgan fingerprint density at radius 3 is 2.85 bits per heavy atom. The summed E-state index contributed by atoms with van der Waals surface area (Å²) >= 11 is 0. The Hall–Kier alpha value is -0.760. The molecule has 0 aromatic carbocycles. The second-order valence-corrected chi connectivity index (χ2v) is 3.41. The van der Waals surface area contributed by atoms with E-state index in [0.29, 0.717) is 6.04 Å². The minimum absolute atomic E-state index is 0.464. The van der Waals surface area contributed by atoms with Crippen LogP contribution in [0.1, 0.15) is 38.9 Å². The molecule has 1 rings (SSSR count). The zero-order valence-electron chi connectivity index (χ0n) is 8.88. The molecule has 0 fully saturated rings. The van der Waals surface area contributed by atoms with Gasteiger partial charge < -0.3 is 9.88 Å². The number of rotatable bonds is 5. The maximum absolute atomic E-state index is 3.43. The fraction of sp³-hybridized carbons (Fsp3) is 0.636. The summed E-state index contributed by atoms with van der Waals surface area (Å²) in [7, 11) is 0. The molecule has 0 amide bonds. The molecule has 1 N–H and O–H groups in total. The number of nitrogens with zero attached hydrogens (tertiary/aromatic N) is 1. The van der Waals surface area contributed by atoms with Crippen LogP contribution >= 0.6 is 0 Å². The molecule has 0 aliphatic rings. The minimum Gasteiger partial charge on any atom is -0.350 e. The lowest BCUT2D eigenvalue weighted by molar-refractivity contribution is 0.536. The van der Waals surface area contributed by atoms with Gasteiger partial charge in [0, 0.05) is 24.5 Å². The molecular formula is C11H20N2. The quantitative estimate of drug-likeness (QED) is 0.737. The van der Waals surface area contributed by atoms with Crippen molar-refractivity contribution in [1.82, 2.24) is 9.88 Å². The number of aryl methyl sites for hydroxylation is 1. The molecule has 1 unspecified atom stereocenters. The number of nitrogens with one attached hydrogen (secondary N) is 1. The summed E-state index contributed by atoms with van der Waals surface area (Å²) in [5, 5.41) is 3.43. The fourth-order valence-corrected chi connectivity index (χ4v) is 1.68. The Morgan fingerprint density at radius 2 is 2.23 bits per heavy atom. The zero-order chi connectivity index (χ0) is 9.68. The topological polar surface area (TPSA) is 17.0 Å². The van der Waals surface area contributed by atoms with Crippen molar-refractivity contribution in [2.45, 2.75) is 39.8 Å². The number of hydrogen-bond donors (Lipinski definition) is 1. The average molecular weight is 180 g/mol. The molecular weight excluding hydrogens is 160 g/mol. The van der Waals surface area contributed by atoms with Crippen LogP contribution in [0.5, 0.6) is 0 Å². The number of hydrogen-bond acceptors (Lipinski definition) is 1. The summed E-state index contributed by atoms with van der Waals surface area (Å²) < 4.78 is 2.33. The first kappa shape index (κ1) is 10.3. The third-order valence-corrected chi connectivity index (χ3v) is 2.28. The van der Waals surface area contributed by atoms with Crippen LogP contribution in [0.4, 0.5) is 0 Å². The van der Waals surface area contributed by atoms with Gasteiger partial charge in [-0.3, -0.25) is 0 Å². The van der Waals surface area contributed by atoms with Crippen molar-refractivity contribution in [2.75, 3.05) is 6.54 Å². The van der Waals surface area contributed by atoms with Gasteiger partial charge in [-0.1, -0.05) is 13.8 Å². The van der Waals surface area contributed by atoms with Crippen LogP contribution in [-0.4, -0.2) is 11.1 Å². The molecule has 0 aliphatic heterocycles. The fourth-order valence-electron chi connectivity index (χ4n) is 1.68. The molecule has 74 valence electrons. The Kier molecular flexibility index (Phi) is 4.03. The van der Waals surface area contributed by atoms with Crippen LogP contribution in [0.2, 0.25) is 0 Å². The second kappa shape index (κ2) is 5.07. The molecule has 0 aliphatic carbocycles. The highest BCUT2D eigenvalue weighted by Crippen LogP contribution is 2.13. The van der Waals surface area contributed by atoms with Crippen LogP contribution in [0.25, 0.3) is 0 Å². The molecule has 1 aromatic rings. The molecule has 2 nitrogen and oxygen atoms in total. The Labute approximate surface area is 81.0 Å². The summed E-state index contributed by atoms with van der Waals surface area (Å²) in [5.74, 6) is 0. The smallest absolute Gasteiger partial charge is 0.0446 e. The van der Waals surface area contributed by atoms with E-state index in [2.05, 4.69) is 49.0 Å². The van der Waals surface area contributed by atoms with E-state index in [1.807, 2.05) is 0 Å². The van der Waals surface area contributed by atoms with E-state index in [1.54, 1.807) is 0 Å². The Morgan fingerprint density at radius 1 is 1.46 bits per heavy atom. The van der Waals surface area contributed by atoms with E-state index in [9.17, 15) is 0 Å². The van der Waals surface area contributed by atoms with Gasteiger partial charge in [0.1, 0.15) is 0 Å². The van der Waals surface area contributed by atoms with Gasteiger partial charge in [-0.05, 0) is 32.0 Å². The van der Waals surface area contributed by atoms with Crippen molar-refractivity contribution in [3.63, 3.8) is 0 Å². The highest BCUT2D eigenvalue weighted by molar-refractivity contribution is 5.11. The SMILES string of the molecule is CCCn1cccc1C(C)NCC. The van der Waals surface area contributed by atoms with Gasteiger partial charge in [0.05, 0.1) is 0 Å². The van der Waals surface area contributed by atoms with Crippen LogP contribution in [0.3, 0.4) is 0 Å². The first-order valence-electron chi connectivity index (χ1n) is 5.18.